The highest BCUT2D eigenvalue weighted by atomic mass is 35.5. The summed E-state index contributed by atoms with van der Waals surface area (Å²) in [4.78, 5) is 0. The first-order chi connectivity index (χ1) is 5.77. The Labute approximate surface area is 75.2 Å². The monoisotopic (exact) mass is 178 g/mol. The van der Waals surface area contributed by atoms with E-state index in [1.54, 1.807) is 12.4 Å². The van der Waals surface area contributed by atoms with E-state index in [0.717, 1.165) is 21.4 Å². The van der Waals surface area contributed by atoms with E-state index in [1.807, 2.05) is 19.1 Å². The van der Waals surface area contributed by atoms with E-state index in [9.17, 15) is 0 Å². The van der Waals surface area contributed by atoms with Gasteiger partial charge >= 0.3 is 0 Å². The zero-order chi connectivity index (χ0) is 8.55. The lowest BCUT2D eigenvalue weighted by molar-refractivity contribution is 1.05. The molecule has 0 saturated carbocycles. The molecule has 12 heavy (non-hydrogen) atoms. The maximum absolute atomic E-state index is 5.99. The number of halogens is 1. The summed E-state index contributed by atoms with van der Waals surface area (Å²) in [5.74, 6) is 0. The van der Waals surface area contributed by atoms with Gasteiger partial charge in [-0.3, -0.25) is 0 Å². The number of hydrogen-bond acceptors (Lipinski definition) is 2. The van der Waals surface area contributed by atoms with E-state index in [-0.39, 0.29) is 0 Å². The van der Waals surface area contributed by atoms with Crippen LogP contribution in [0.4, 0.5) is 0 Å². The summed E-state index contributed by atoms with van der Waals surface area (Å²) in [6.45, 7) is 2.01. The summed E-state index contributed by atoms with van der Waals surface area (Å²) in [6, 6.07) is 3.96. The molecule has 0 fully saturated rings. The van der Waals surface area contributed by atoms with Crippen molar-refractivity contribution in [2.24, 2.45) is 0 Å². The third-order valence-corrected chi connectivity index (χ3v) is 2.07. The predicted molar refractivity (Wildman–Crippen MR) is 49.3 cm³/mol. The van der Waals surface area contributed by atoms with Crippen LogP contribution in [0.2, 0.25) is 5.02 Å². The van der Waals surface area contributed by atoms with Gasteiger partial charge in [0.15, 0.2) is 0 Å². The van der Waals surface area contributed by atoms with E-state index in [0.29, 0.717) is 0 Å². The summed E-state index contributed by atoms with van der Waals surface area (Å²) < 4.78 is 0. The topological polar surface area (TPSA) is 25.8 Å². The van der Waals surface area contributed by atoms with Gasteiger partial charge < -0.3 is 0 Å². The van der Waals surface area contributed by atoms with Crippen molar-refractivity contribution >= 4 is 22.4 Å². The first-order valence-electron chi connectivity index (χ1n) is 3.64. The van der Waals surface area contributed by atoms with E-state index < -0.39 is 0 Å². The highest BCUT2D eigenvalue weighted by Crippen LogP contribution is 2.23. The summed E-state index contributed by atoms with van der Waals surface area (Å²) in [7, 11) is 0. The van der Waals surface area contributed by atoms with Crippen LogP contribution in [0.1, 0.15) is 5.56 Å². The maximum atomic E-state index is 5.99. The number of hydrogen-bond donors (Lipinski definition) is 0. The maximum Gasteiger partial charge on any atom is 0.0589 e. The smallest absolute Gasteiger partial charge is 0.0589 e. The van der Waals surface area contributed by atoms with Crippen LogP contribution in [0.25, 0.3) is 10.8 Å². The Morgan fingerprint density at radius 3 is 2.75 bits per heavy atom. The summed E-state index contributed by atoms with van der Waals surface area (Å²) in [5.41, 5.74) is 1.14. The van der Waals surface area contributed by atoms with Crippen molar-refractivity contribution in [3.8, 4) is 0 Å². The molecule has 3 heteroatoms. The lowest BCUT2D eigenvalue weighted by atomic mass is 10.1. The van der Waals surface area contributed by atoms with Crippen molar-refractivity contribution in [1.82, 2.24) is 10.2 Å². The van der Waals surface area contributed by atoms with Gasteiger partial charge in [0, 0.05) is 10.8 Å². The number of rotatable bonds is 0. The second-order valence-corrected chi connectivity index (χ2v) is 3.15. The molecule has 0 atom stereocenters. The molecular weight excluding hydrogens is 172 g/mol. The van der Waals surface area contributed by atoms with Crippen molar-refractivity contribution in [3.05, 3.63) is 35.1 Å². The second-order valence-electron chi connectivity index (χ2n) is 2.74. The fourth-order valence-electron chi connectivity index (χ4n) is 1.21. The van der Waals surface area contributed by atoms with Gasteiger partial charge in [0.05, 0.1) is 17.4 Å². The molecule has 0 unspecified atom stereocenters. The minimum atomic E-state index is 0.736. The summed E-state index contributed by atoms with van der Waals surface area (Å²) in [6.07, 6.45) is 3.39. The molecule has 0 aliphatic heterocycles. The van der Waals surface area contributed by atoms with Gasteiger partial charge in [-0.2, -0.15) is 10.2 Å². The first-order valence-corrected chi connectivity index (χ1v) is 4.02. The van der Waals surface area contributed by atoms with E-state index in [2.05, 4.69) is 10.2 Å². The minimum absolute atomic E-state index is 0.736. The normalized spacial score (nSPS) is 10.5. The minimum Gasteiger partial charge on any atom is -0.158 e. The van der Waals surface area contributed by atoms with Gasteiger partial charge in [0.2, 0.25) is 0 Å². The number of aromatic nitrogens is 2. The first kappa shape index (κ1) is 7.50. The van der Waals surface area contributed by atoms with Crippen molar-refractivity contribution in [3.63, 3.8) is 0 Å². The SMILES string of the molecule is Cc1cc(Cl)c2cnncc2c1. The quantitative estimate of drug-likeness (QED) is 0.620. The standard InChI is InChI=1S/C9H7ClN2/c1-6-2-7-4-11-12-5-8(7)9(10)3-6/h2-5H,1H3. The molecule has 1 aromatic heterocycles. The molecule has 60 valence electrons. The molecular formula is C9H7ClN2. The fraction of sp³-hybridized carbons (Fsp3) is 0.111. The Bertz CT molecular complexity index is 426. The molecule has 0 aliphatic carbocycles. The number of benzene rings is 1. The average molecular weight is 179 g/mol. The Kier molecular flexibility index (Phi) is 1.70. The Balaban J connectivity index is 2.89. The van der Waals surface area contributed by atoms with Crippen LogP contribution in [0.15, 0.2) is 24.5 Å². The van der Waals surface area contributed by atoms with Crippen LogP contribution in [0.5, 0.6) is 0 Å². The van der Waals surface area contributed by atoms with Crippen molar-refractivity contribution in [1.29, 1.82) is 0 Å². The van der Waals surface area contributed by atoms with Crippen LogP contribution in [0, 0.1) is 6.92 Å². The zero-order valence-corrected chi connectivity index (χ0v) is 7.34. The molecule has 1 heterocycles. The highest BCUT2D eigenvalue weighted by Gasteiger charge is 1.99. The van der Waals surface area contributed by atoms with Crippen molar-refractivity contribution in [2.75, 3.05) is 0 Å². The number of nitrogens with zero attached hydrogens (tertiary/aromatic N) is 2. The third-order valence-electron chi connectivity index (χ3n) is 1.76. The largest absolute Gasteiger partial charge is 0.158 e. The van der Waals surface area contributed by atoms with Crippen LogP contribution in [0.3, 0.4) is 0 Å². The van der Waals surface area contributed by atoms with E-state index >= 15 is 0 Å². The van der Waals surface area contributed by atoms with Crippen molar-refractivity contribution < 1.29 is 0 Å². The van der Waals surface area contributed by atoms with Crippen LogP contribution in [-0.2, 0) is 0 Å². The molecule has 0 radical (unpaired) electrons. The van der Waals surface area contributed by atoms with Gasteiger partial charge in [0.1, 0.15) is 0 Å². The van der Waals surface area contributed by atoms with Gasteiger partial charge in [-0.05, 0) is 24.6 Å². The zero-order valence-electron chi connectivity index (χ0n) is 6.58. The van der Waals surface area contributed by atoms with Crippen molar-refractivity contribution in [2.45, 2.75) is 6.92 Å². The van der Waals surface area contributed by atoms with Crippen LogP contribution < -0.4 is 0 Å². The Morgan fingerprint density at radius 1 is 1.17 bits per heavy atom. The highest BCUT2D eigenvalue weighted by molar-refractivity contribution is 6.35. The molecule has 2 aromatic rings. The lowest BCUT2D eigenvalue weighted by Crippen LogP contribution is -1.82. The number of fused-ring (bicyclic) bond motifs is 1. The molecule has 0 N–H and O–H groups in total. The Hall–Kier alpha value is -1.15. The molecule has 0 amide bonds. The predicted octanol–water partition coefficient (Wildman–Crippen LogP) is 2.59. The van der Waals surface area contributed by atoms with Crippen LogP contribution >= 0.6 is 11.6 Å². The summed E-state index contributed by atoms with van der Waals surface area (Å²) in [5, 5.41) is 10.3. The second kappa shape index (κ2) is 2.72. The fourth-order valence-corrected chi connectivity index (χ4v) is 1.54. The molecule has 1 aromatic carbocycles. The average Bonchev–Trinajstić information content (AvgIpc) is 2.04. The van der Waals surface area contributed by atoms with E-state index in [4.69, 9.17) is 11.6 Å². The molecule has 2 rings (SSSR count). The lowest BCUT2D eigenvalue weighted by Gasteiger charge is -1.99. The molecule has 0 saturated heterocycles. The van der Waals surface area contributed by atoms with Gasteiger partial charge in [-0.25, -0.2) is 0 Å². The number of aryl methyl sites for hydroxylation is 1. The van der Waals surface area contributed by atoms with Crippen LogP contribution in [-0.4, -0.2) is 10.2 Å². The molecule has 0 bridgehead atoms. The Morgan fingerprint density at radius 2 is 1.92 bits per heavy atom. The van der Waals surface area contributed by atoms with Gasteiger partial charge in [0.25, 0.3) is 0 Å². The molecule has 0 aliphatic rings. The van der Waals surface area contributed by atoms with Gasteiger partial charge in [-0.1, -0.05) is 11.6 Å². The third kappa shape index (κ3) is 1.14. The molecule has 2 nitrogen and oxygen atoms in total. The molecule has 0 spiro atoms. The summed E-state index contributed by atoms with van der Waals surface area (Å²) >= 11 is 5.99. The van der Waals surface area contributed by atoms with Gasteiger partial charge in [-0.15, -0.1) is 0 Å². The van der Waals surface area contributed by atoms with E-state index in [1.165, 1.54) is 0 Å².